The van der Waals surface area contributed by atoms with Gasteiger partial charge in [0.25, 0.3) is 0 Å². The molecule has 0 aromatic carbocycles. The van der Waals surface area contributed by atoms with Gasteiger partial charge >= 0.3 is 5.97 Å². The van der Waals surface area contributed by atoms with E-state index in [4.69, 9.17) is 0 Å². The Kier molecular flexibility index (Phi) is 6.37. The van der Waals surface area contributed by atoms with Crippen LogP contribution in [0.15, 0.2) is 0 Å². The summed E-state index contributed by atoms with van der Waals surface area (Å²) in [6, 6.07) is 0. The molecule has 0 aliphatic heterocycles. The molecule has 0 aromatic rings. The predicted molar refractivity (Wildman–Crippen MR) is 53.7 cm³/mol. The van der Waals surface area contributed by atoms with Crippen LogP contribution in [-0.4, -0.2) is 5.97 Å². The third-order valence-electron chi connectivity index (χ3n) is 2.55. The summed E-state index contributed by atoms with van der Waals surface area (Å²) in [5.41, 5.74) is 0. The van der Waals surface area contributed by atoms with Crippen molar-refractivity contribution in [3.8, 4) is 0 Å². The van der Waals surface area contributed by atoms with Crippen molar-refractivity contribution in [2.45, 2.75) is 40.0 Å². The Hall–Kier alpha value is -0.100. The van der Waals surface area contributed by atoms with E-state index in [1.165, 1.54) is 6.42 Å². The third-order valence-corrected chi connectivity index (χ3v) is 2.81. The molecule has 0 rings (SSSR count). The monoisotopic (exact) mass is 190 g/mol. The van der Waals surface area contributed by atoms with E-state index >= 15 is 0 Å². The number of hydrogen-bond acceptors (Lipinski definition) is 2. The first-order valence-electron chi connectivity index (χ1n) is 4.51. The molecule has 0 heterocycles. The quantitative estimate of drug-likeness (QED) is 0.623. The highest BCUT2D eigenvalue weighted by atomic mass is 31.0. The van der Waals surface area contributed by atoms with Crippen LogP contribution in [0.1, 0.15) is 40.0 Å². The summed E-state index contributed by atoms with van der Waals surface area (Å²) in [5, 5.41) is 0. The molecular formula is C9H19O2P. The molecule has 0 aromatic heterocycles. The Morgan fingerprint density at radius 3 is 2.42 bits per heavy atom. The minimum Gasteiger partial charge on any atom is -0.452 e. The van der Waals surface area contributed by atoms with Crippen LogP contribution in [0.4, 0.5) is 0 Å². The summed E-state index contributed by atoms with van der Waals surface area (Å²) in [6.45, 7) is 6.58. The molecule has 2 nitrogen and oxygen atoms in total. The first kappa shape index (κ1) is 11.9. The average Bonchev–Trinajstić information content (AvgIpc) is 2.11. The molecule has 3 atom stereocenters. The summed E-state index contributed by atoms with van der Waals surface area (Å²) >= 11 is 0. The summed E-state index contributed by atoms with van der Waals surface area (Å²) in [6.07, 6.45) is 2.65. The average molecular weight is 190 g/mol. The number of carbonyl (C=O) groups excluding carboxylic acids is 1. The van der Waals surface area contributed by atoms with Gasteiger partial charge < -0.3 is 4.52 Å². The van der Waals surface area contributed by atoms with Crippen molar-refractivity contribution in [2.75, 3.05) is 0 Å². The highest BCUT2D eigenvalue weighted by Gasteiger charge is 2.11. The fraction of sp³-hybridized carbons (Fsp3) is 0.889. The van der Waals surface area contributed by atoms with Gasteiger partial charge in [-0.15, -0.1) is 0 Å². The summed E-state index contributed by atoms with van der Waals surface area (Å²) in [5.74, 6) is 1.18. The molecule has 0 fully saturated rings. The molecular weight excluding hydrogens is 171 g/mol. The van der Waals surface area contributed by atoms with Crippen LogP contribution < -0.4 is 0 Å². The maximum absolute atomic E-state index is 10.8. The minimum absolute atomic E-state index is 0.129. The Labute approximate surface area is 77.4 Å². The van der Waals surface area contributed by atoms with Crippen LogP contribution in [0.3, 0.4) is 0 Å². The molecule has 3 unspecified atom stereocenters. The molecule has 72 valence electrons. The van der Waals surface area contributed by atoms with Crippen LogP contribution in [0, 0.1) is 11.8 Å². The second kappa shape index (κ2) is 6.42. The van der Waals surface area contributed by atoms with Crippen molar-refractivity contribution in [1.29, 1.82) is 0 Å². The molecule has 12 heavy (non-hydrogen) atoms. The van der Waals surface area contributed by atoms with E-state index in [1.807, 2.05) is 9.47 Å². The van der Waals surface area contributed by atoms with Gasteiger partial charge in [-0.25, -0.2) is 0 Å². The maximum Gasteiger partial charge on any atom is 0.307 e. The van der Waals surface area contributed by atoms with Gasteiger partial charge in [0, 0.05) is 6.42 Å². The molecule has 0 saturated carbocycles. The number of rotatable bonds is 5. The summed E-state index contributed by atoms with van der Waals surface area (Å²) in [4.78, 5) is 10.8. The third kappa shape index (κ3) is 4.71. The smallest absolute Gasteiger partial charge is 0.307 e. The van der Waals surface area contributed by atoms with E-state index in [1.54, 1.807) is 0 Å². The summed E-state index contributed by atoms with van der Waals surface area (Å²) in [7, 11) is 1.99. The lowest BCUT2D eigenvalue weighted by Crippen LogP contribution is -2.09. The van der Waals surface area contributed by atoms with E-state index < -0.39 is 0 Å². The molecule has 3 heteroatoms. The highest BCUT2D eigenvalue weighted by Crippen LogP contribution is 2.19. The first-order valence-corrected chi connectivity index (χ1v) is 4.98. The van der Waals surface area contributed by atoms with Crippen molar-refractivity contribution in [2.24, 2.45) is 11.8 Å². The largest absolute Gasteiger partial charge is 0.452 e. The lowest BCUT2D eigenvalue weighted by atomic mass is 9.90. The van der Waals surface area contributed by atoms with Crippen molar-refractivity contribution >= 4 is 15.4 Å². The Morgan fingerprint density at radius 2 is 2.00 bits per heavy atom. The van der Waals surface area contributed by atoms with Crippen LogP contribution in [-0.2, 0) is 9.32 Å². The van der Waals surface area contributed by atoms with Gasteiger partial charge in [0.15, 0.2) is 0 Å². The molecule has 0 saturated heterocycles. The zero-order valence-electron chi connectivity index (χ0n) is 8.17. The van der Waals surface area contributed by atoms with Gasteiger partial charge in [-0.05, 0) is 18.3 Å². The van der Waals surface area contributed by atoms with Crippen LogP contribution in [0.5, 0.6) is 0 Å². The van der Waals surface area contributed by atoms with Crippen LogP contribution in [0.25, 0.3) is 0 Å². The lowest BCUT2D eigenvalue weighted by Gasteiger charge is -2.16. The van der Waals surface area contributed by atoms with Crippen LogP contribution in [0.2, 0.25) is 0 Å². The standard InChI is InChI=1S/C9H19O2P/c1-4-7(2)8(3)5-6-9(10)11-12/h7-8H,4-6,12H2,1-3H3. The molecule has 0 aliphatic carbocycles. The van der Waals surface area contributed by atoms with Gasteiger partial charge in [-0.2, -0.15) is 0 Å². The van der Waals surface area contributed by atoms with E-state index in [0.29, 0.717) is 18.3 Å². The molecule has 0 amide bonds. The van der Waals surface area contributed by atoms with E-state index in [9.17, 15) is 4.79 Å². The SMILES string of the molecule is CCC(C)C(C)CCC(=O)OP. The number of hydrogen-bond donors (Lipinski definition) is 0. The Bertz CT molecular complexity index is 136. The van der Waals surface area contributed by atoms with E-state index in [2.05, 4.69) is 25.3 Å². The fourth-order valence-electron chi connectivity index (χ4n) is 1.09. The van der Waals surface area contributed by atoms with Crippen molar-refractivity contribution in [3.63, 3.8) is 0 Å². The molecule has 0 aliphatic rings. The second-order valence-corrected chi connectivity index (χ2v) is 3.63. The molecule has 0 bridgehead atoms. The van der Waals surface area contributed by atoms with E-state index in [-0.39, 0.29) is 5.97 Å². The zero-order chi connectivity index (χ0) is 9.56. The molecule has 0 spiro atoms. The Balaban J connectivity index is 3.56. The summed E-state index contributed by atoms with van der Waals surface area (Å²) < 4.78 is 4.49. The first-order chi connectivity index (χ1) is 5.61. The van der Waals surface area contributed by atoms with Crippen molar-refractivity contribution < 1.29 is 9.32 Å². The van der Waals surface area contributed by atoms with Crippen molar-refractivity contribution in [1.82, 2.24) is 0 Å². The maximum atomic E-state index is 10.8. The van der Waals surface area contributed by atoms with Gasteiger partial charge in [0.1, 0.15) is 0 Å². The van der Waals surface area contributed by atoms with Gasteiger partial charge in [0.05, 0.1) is 9.47 Å². The minimum atomic E-state index is -0.129. The molecule has 0 radical (unpaired) electrons. The highest BCUT2D eigenvalue weighted by molar-refractivity contribution is 7.10. The molecule has 0 N–H and O–H groups in total. The van der Waals surface area contributed by atoms with Gasteiger partial charge in [-0.1, -0.05) is 27.2 Å². The van der Waals surface area contributed by atoms with Gasteiger partial charge in [0.2, 0.25) is 0 Å². The topological polar surface area (TPSA) is 26.3 Å². The second-order valence-electron chi connectivity index (χ2n) is 3.39. The van der Waals surface area contributed by atoms with Gasteiger partial charge in [-0.3, -0.25) is 4.79 Å². The van der Waals surface area contributed by atoms with Crippen LogP contribution >= 0.6 is 9.47 Å². The normalized spacial score (nSPS) is 15.3. The Morgan fingerprint density at radius 1 is 1.42 bits per heavy atom. The van der Waals surface area contributed by atoms with E-state index in [0.717, 1.165) is 6.42 Å². The van der Waals surface area contributed by atoms with Crippen molar-refractivity contribution in [3.05, 3.63) is 0 Å². The number of carbonyl (C=O) groups is 1. The lowest BCUT2D eigenvalue weighted by molar-refractivity contribution is -0.133. The fourth-order valence-corrected chi connectivity index (χ4v) is 1.21. The predicted octanol–water partition coefficient (Wildman–Crippen LogP) is 2.78. The zero-order valence-corrected chi connectivity index (χ0v) is 9.32.